The molecule has 0 atom stereocenters. The molecule has 1 aliphatic rings. The Balaban J connectivity index is 2.06. The van der Waals surface area contributed by atoms with Crippen LogP contribution in [0.15, 0.2) is 35.9 Å². The van der Waals surface area contributed by atoms with Crippen LogP contribution in [0.4, 0.5) is 0 Å². The summed E-state index contributed by atoms with van der Waals surface area (Å²) in [6.45, 7) is 8.41. The molecule has 0 radical (unpaired) electrons. The van der Waals surface area contributed by atoms with Crippen molar-refractivity contribution in [3.8, 4) is 0 Å². The Morgan fingerprint density at radius 1 is 1.00 bits per heavy atom. The summed E-state index contributed by atoms with van der Waals surface area (Å²) in [6.07, 6.45) is 6.39. The van der Waals surface area contributed by atoms with Gasteiger partial charge in [-0.1, -0.05) is 50.6 Å². The van der Waals surface area contributed by atoms with E-state index < -0.39 is 0 Å². The van der Waals surface area contributed by atoms with Gasteiger partial charge < -0.3 is 9.64 Å². The highest BCUT2D eigenvalue weighted by atomic mass is 16.5. The molecule has 1 fully saturated rings. The van der Waals surface area contributed by atoms with E-state index in [1.165, 1.54) is 43.2 Å². The summed E-state index contributed by atoms with van der Waals surface area (Å²) in [5.41, 5.74) is 2.76. The van der Waals surface area contributed by atoms with Crippen LogP contribution >= 0.6 is 0 Å². The molecule has 1 aromatic rings. The number of benzene rings is 1. The van der Waals surface area contributed by atoms with Gasteiger partial charge in [0.25, 0.3) is 0 Å². The molecular formula is C19H29NO. The number of hydrogen-bond acceptors (Lipinski definition) is 2. The van der Waals surface area contributed by atoms with Crippen LogP contribution in [0.5, 0.6) is 0 Å². The van der Waals surface area contributed by atoms with Gasteiger partial charge in [-0.15, -0.1) is 0 Å². The molecule has 2 heteroatoms. The lowest BCUT2D eigenvalue weighted by molar-refractivity contribution is 0.199. The minimum atomic E-state index is 0.787. The van der Waals surface area contributed by atoms with Gasteiger partial charge in [0.05, 0.1) is 0 Å². The van der Waals surface area contributed by atoms with E-state index in [0.29, 0.717) is 0 Å². The van der Waals surface area contributed by atoms with Gasteiger partial charge in [-0.25, -0.2) is 0 Å². The molecule has 0 bridgehead atoms. The van der Waals surface area contributed by atoms with Crippen molar-refractivity contribution >= 4 is 5.76 Å². The predicted octanol–water partition coefficient (Wildman–Crippen LogP) is 4.72. The van der Waals surface area contributed by atoms with Crippen molar-refractivity contribution in [1.82, 2.24) is 4.90 Å². The maximum absolute atomic E-state index is 6.24. The van der Waals surface area contributed by atoms with Crippen LogP contribution in [0.2, 0.25) is 0 Å². The van der Waals surface area contributed by atoms with Crippen LogP contribution in [0, 0.1) is 0 Å². The minimum absolute atomic E-state index is 0.787. The fourth-order valence-electron chi connectivity index (χ4n) is 3.00. The predicted molar refractivity (Wildman–Crippen MR) is 90.2 cm³/mol. The van der Waals surface area contributed by atoms with E-state index >= 15 is 0 Å². The van der Waals surface area contributed by atoms with Crippen molar-refractivity contribution in [1.29, 1.82) is 0 Å². The van der Waals surface area contributed by atoms with Crippen LogP contribution in [-0.2, 0) is 4.74 Å². The summed E-state index contributed by atoms with van der Waals surface area (Å²) in [6, 6.07) is 10.6. The maximum Gasteiger partial charge on any atom is 0.125 e. The van der Waals surface area contributed by atoms with Gasteiger partial charge in [0, 0.05) is 12.1 Å². The quantitative estimate of drug-likeness (QED) is 0.673. The molecule has 0 saturated heterocycles. The molecule has 0 aromatic heterocycles. The van der Waals surface area contributed by atoms with E-state index in [9.17, 15) is 0 Å². The van der Waals surface area contributed by atoms with Crippen LogP contribution in [0.3, 0.4) is 0 Å². The van der Waals surface area contributed by atoms with Gasteiger partial charge in [-0.2, -0.15) is 0 Å². The van der Waals surface area contributed by atoms with Crippen molar-refractivity contribution in [2.45, 2.75) is 46.0 Å². The molecule has 1 saturated carbocycles. The molecule has 0 amide bonds. The lowest BCUT2D eigenvalue weighted by Gasteiger charge is -2.22. The third-order valence-corrected chi connectivity index (χ3v) is 4.36. The Kier molecular flexibility index (Phi) is 6.81. The third kappa shape index (κ3) is 4.89. The molecule has 0 N–H and O–H groups in total. The number of hydrogen-bond donors (Lipinski definition) is 0. The monoisotopic (exact) mass is 287 g/mol. The summed E-state index contributed by atoms with van der Waals surface area (Å²) in [5, 5.41) is 0. The van der Waals surface area contributed by atoms with Crippen LogP contribution in [0.25, 0.3) is 5.76 Å². The summed E-state index contributed by atoms with van der Waals surface area (Å²) < 4.78 is 6.24. The zero-order valence-corrected chi connectivity index (χ0v) is 13.6. The summed E-state index contributed by atoms with van der Waals surface area (Å²) >= 11 is 0. The fourth-order valence-corrected chi connectivity index (χ4v) is 3.00. The topological polar surface area (TPSA) is 12.5 Å². The Morgan fingerprint density at radius 3 is 2.29 bits per heavy atom. The van der Waals surface area contributed by atoms with Crippen LogP contribution < -0.4 is 0 Å². The van der Waals surface area contributed by atoms with Gasteiger partial charge in [-0.3, -0.25) is 0 Å². The normalized spacial score (nSPS) is 15.3. The van der Waals surface area contributed by atoms with Crippen molar-refractivity contribution in [2.24, 2.45) is 0 Å². The first-order valence-corrected chi connectivity index (χ1v) is 8.47. The van der Waals surface area contributed by atoms with Crippen LogP contribution in [-0.4, -0.2) is 31.1 Å². The Labute approximate surface area is 129 Å². The molecule has 2 nitrogen and oxygen atoms in total. The summed E-state index contributed by atoms with van der Waals surface area (Å²) in [4.78, 5) is 2.41. The second kappa shape index (κ2) is 8.89. The second-order valence-corrected chi connectivity index (χ2v) is 5.73. The number of nitrogens with zero attached hydrogens (tertiary/aromatic N) is 1. The Morgan fingerprint density at radius 2 is 1.67 bits per heavy atom. The molecule has 1 aromatic carbocycles. The zero-order chi connectivity index (χ0) is 14.9. The van der Waals surface area contributed by atoms with Crippen molar-refractivity contribution in [2.75, 3.05) is 26.2 Å². The molecule has 0 heterocycles. The van der Waals surface area contributed by atoms with E-state index in [4.69, 9.17) is 4.74 Å². The second-order valence-electron chi connectivity index (χ2n) is 5.73. The first-order chi connectivity index (χ1) is 10.3. The van der Waals surface area contributed by atoms with Gasteiger partial charge in [-0.05, 0) is 44.3 Å². The molecule has 116 valence electrons. The van der Waals surface area contributed by atoms with Gasteiger partial charge in [0.2, 0.25) is 0 Å². The highest BCUT2D eigenvalue weighted by Gasteiger charge is 2.14. The van der Waals surface area contributed by atoms with E-state index in [-0.39, 0.29) is 0 Å². The molecule has 0 unspecified atom stereocenters. The maximum atomic E-state index is 6.24. The first kappa shape index (κ1) is 16.1. The minimum Gasteiger partial charge on any atom is -0.492 e. The van der Waals surface area contributed by atoms with Gasteiger partial charge in [0.1, 0.15) is 12.4 Å². The van der Waals surface area contributed by atoms with Gasteiger partial charge in [0.15, 0.2) is 0 Å². The number of likely N-dealkylation sites (N-methyl/N-ethyl adjacent to an activating group) is 1. The lowest BCUT2D eigenvalue weighted by Crippen LogP contribution is -2.27. The molecule has 0 aliphatic heterocycles. The van der Waals surface area contributed by atoms with Crippen molar-refractivity contribution in [3.05, 3.63) is 41.5 Å². The average Bonchev–Trinajstić information content (AvgIpc) is 2.57. The van der Waals surface area contributed by atoms with E-state index in [1.54, 1.807) is 0 Å². The smallest absolute Gasteiger partial charge is 0.125 e. The summed E-state index contributed by atoms with van der Waals surface area (Å²) in [7, 11) is 0. The lowest BCUT2D eigenvalue weighted by atomic mass is 9.92. The number of rotatable bonds is 7. The fraction of sp³-hybridized carbons (Fsp3) is 0.579. The van der Waals surface area contributed by atoms with E-state index in [2.05, 4.69) is 49.1 Å². The Bertz CT molecular complexity index is 426. The molecule has 2 rings (SSSR count). The molecule has 1 aliphatic carbocycles. The third-order valence-electron chi connectivity index (χ3n) is 4.36. The van der Waals surface area contributed by atoms with E-state index in [0.717, 1.165) is 32.0 Å². The van der Waals surface area contributed by atoms with Crippen LogP contribution in [0.1, 0.15) is 51.5 Å². The molecule has 0 spiro atoms. The zero-order valence-electron chi connectivity index (χ0n) is 13.6. The Hall–Kier alpha value is -1.28. The number of ether oxygens (including phenoxy) is 1. The van der Waals surface area contributed by atoms with E-state index in [1.807, 2.05) is 0 Å². The highest BCUT2D eigenvalue weighted by molar-refractivity contribution is 5.63. The molecule has 21 heavy (non-hydrogen) atoms. The SMILES string of the molecule is CCN(CC)CCOC(=C1CCCCC1)c1ccccc1. The van der Waals surface area contributed by atoms with Crippen molar-refractivity contribution < 1.29 is 4.74 Å². The molecular weight excluding hydrogens is 258 g/mol. The van der Waals surface area contributed by atoms with Gasteiger partial charge >= 0.3 is 0 Å². The summed E-state index contributed by atoms with van der Waals surface area (Å²) in [5.74, 6) is 1.16. The first-order valence-electron chi connectivity index (χ1n) is 8.47. The average molecular weight is 287 g/mol. The number of allylic oxidation sites excluding steroid dienone is 1. The largest absolute Gasteiger partial charge is 0.492 e. The highest BCUT2D eigenvalue weighted by Crippen LogP contribution is 2.31. The standard InChI is InChI=1S/C19H29NO/c1-3-20(4-2)15-16-21-19(17-11-7-5-8-12-17)18-13-9-6-10-14-18/h5,7-8,11-12H,3-4,6,9-10,13-16H2,1-2H3. The van der Waals surface area contributed by atoms with Crippen molar-refractivity contribution in [3.63, 3.8) is 0 Å².